The fourth-order valence-corrected chi connectivity index (χ4v) is 2.54. The second-order valence-electron chi connectivity index (χ2n) is 4.80. The molecule has 0 aromatic heterocycles. The summed E-state index contributed by atoms with van der Waals surface area (Å²) in [7, 11) is 3.26. The molecule has 1 aliphatic heterocycles. The molecule has 5 nitrogen and oxygen atoms in total. The highest BCUT2D eigenvalue weighted by molar-refractivity contribution is 5.74. The summed E-state index contributed by atoms with van der Waals surface area (Å²) in [5.41, 5.74) is 7.16. The molecule has 1 aromatic carbocycles. The normalized spacial score (nSPS) is 22.4. The number of ether oxygens (including phenoxy) is 2. The van der Waals surface area contributed by atoms with E-state index < -0.39 is 0 Å². The molecule has 2 rings (SSSR count). The molecule has 1 saturated heterocycles. The first kappa shape index (κ1) is 13.7. The highest BCUT2D eigenvalue weighted by Crippen LogP contribution is 2.35. The molecule has 0 bridgehead atoms. The average Bonchev–Trinajstić information content (AvgIpc) is 2.80. The van der Waals surface area contributed by atoms with Gasteiger partial charge in [0.15, 0.2) is 0 Å². The van der Waals surface area contributed by atoms with Crippen molar-refractivity contribution < 1.29 is 14.3 Å². The van der Waals surface area contributed by atoms with Crippen molar-refractivity contribution in [3.63, 3.8) is 0 Å². The van der Waals surface area contributed by atoms with Crippen LogP contribution in [-0.2, 0) is 4.79 Å². The van der Waals surface area contributed by atoms with Crippen molar-refractivity contribution in [3.05, 3.63) is 23.8 Å². The second kappa shape index (κ2) is 5.48. The van der Waals surface area contributed by atoms with Crippen molar-refractivity contribution in [2.75, 3.05) is 27.3 Å². The Morgan fingerprint density at radius 3 is 2.58 bits per heavy atom. The van der Waals surface area contributed by atoms with Crippen molar-refractivity contribution in [2.45, 2.75) is 18.9 Å². The standard InChI is InChI=1S/C14H20N2O3/c1-9(17)16-7-12(13(15)8-16)11-6-10(18-2)4-5-14(11)19-3/h4-6,12-13H,7-8,15H2,1-3H3. The van der Waals surface area contributed by atoms with Gasteiger partial charge in [0.1, 0.15) is 11.5 Å². The van der Waals surface area contributed by atoms with E-state index in [0.29, 0.717) is 13.1 Å². The van der Waals surface area contributed by atoms with E-state index in [0.717, 1.165) is 17.1 Å². The SMILES string of the molecule is COc1ccc(OC)c(C2CN(C(C)=O)CC2N)c1. The number of hydrogen-bond donors (Lipinski definition) is 1. The van der Waals surface area contributed by atoms with Crippen LogP contribution < -0.4 is 15.2 Å². The molecule has 0 radical (unpaired) electrons. The van der Waals surface area contributed by atoms with Crippen molar-refractivity contribution in [3.8, 4) is 11.5 Å². The highest BCUT2D eigenvalue weighted by Gasteiger charge is 2.34. The van der Waals surface area contributed by atoms with Gasteiger partial charge in [-0.25, -0.2) is 0 Å². The summed E-state index contributed by atoms with van der Waals surface area (Å²) in [5, 5.41) is 0. The maximum atomic E-state index is 11.5. The number of nitrogens with two attached hydrogens (primary N) is 1. The molecule has 1 aliphatic rings. The van der Waals surface area contributed by atoms with Crippen LogP contribution in [0.15, 0.2) is 18.2 Å². The molecule has 1 amide bonds. The van der Waals surface area contributed by atoms with Gasteiger partial charge >= 0.3 is 0 Å². The molecular weight excluding hydrogens is 244 g/mol. The quantitative estimate of drug-likeness (QED) is 0.883. The van der Waals surface area contributed by atoms with Crippen LogP contribution in [0.1, 0.15) is 18.4 Å². The zero-order valence-electron chi connectivity index (χ0n) is 11.6. The minimum Gasteiger partial charge on any atom is -0.497 e. The molecule has 1 heterocycles. The van der Waals surface area contributed by atoms with Crippen molar-refractivity contribution in [1.29, 1.82) is 0 Å². The third-order valence-electron chi connectivity index (χ3n) is 3.65. The van der Waals surface area contributed by atoms with E-state index in [1.165, 1.54) is 0 Å². The van der Waals surface area contributed by atoms with Gasteiger partial charge < -0.3 is 20.1 Å². The molecule has 2 unspecified atom stereocenters. The van der Waals surface area contributed by atoms with E-state index in [1.807, 2.05) is 18.2 Å². The lowest BCUT2D eigenvalue weighted by atomic mass is 9.94. The molecule has 0 saturated carbocycles. The summed E-state index contributed by atoms with van der Waals surface area (Å²) in [4.78, 5) is 13.2. The fourth-order valence-electron chi connectivity index (χ4n) is 2.54. The predicted octanol–water partition coefficient (Wildman–Crippen LogP) is 0.977. The Balaban J connectivity index is 2.32. The smallest absolute Gasteiger partial charge is 0.219 e. The minimum atomic E-state index is -0.0788. The fraction of sp³-hybridized carbons (Fsp3) is 0.500. The lowest BCUT2D eigenvalue weighted by Gasteiger charge is -2.18. The molecule has 19 heavy (non-hydrogen) atoms. The van der Waals surface area contributed by atoms with Gasteiger partial charge in [-0.3, -0.25) is 4.79 Å². The number of rotatable bonds is 3. The Labute approximate surface area is 113 Å². The van der Waals surface area contributed by atoms with Gasteiger partial charge in [0.25, 0.3) is 0 Å². The summed E-state index contributed by atoms with van der Waals surface area (Å²) in [6.07, 6.45) is 0. The van der Waals surface area contributed by atoms with E-state index in [1.54, 1.807) is 26.0 Å². The topological polar surface area (TPSA) is 64.8 Å². The van der Waals surface area contributed by atoms with Crippen LogP contribution in [0.2, 0.25) is 0 Å². The minimum absolute atomic E-state index is 0.0554. The zero-order valence-corrected chi connectivity index (χ0v) is 11.6. The molecule has 0 spiro atoms. The van der Waals surface area contributed by atoms with Crippen molar-refractivity contribution in [2.24, 2.45) is 5.73 Å². The summed E-state index contributed by atoms with van der Waals surface area (Å²) in [5.74, 6) is 1.68. The van der Waals surface area contributed by atoms with Crippen LogP contribution in [0.3, 0.4) is 0 Å². The number of benzene rings is 1. The summed E-state index contributed by atoms with van der Waals surface area (Å²) >= 11 is 0. The van der Waals surface area contributed by atoms with E-state index in [4.69, 9.17) is 15.2 Å². The second-order valence-corrected chi connectivity index (χ2v) is 4.80. The lowest BCUT2D eigenvalue weighted by Crippen LogP contribution is -2.30. The maximum Gasteiger partial charge on any atom is 0.219 e. The van der Waals surface area contributed by atoms with Crippen LogP contribution in [0.5, 0.6) is 11.5 Å². The van der Waals surface area contributed by atoms with Crippen LogP contribution in [0.4, 0.5) is 0 Å². The number of amides is 1. The van der Waals surface area contributed by atoms with Gasteiger partial charge in [0.05, 0.1) is 14.2 Å². The highest BCUT2D eigenvalue weighted by atomic mass is 16.5. The number of hydrogen-bond acceptors (Lipinski definition) is 4. The van der Waals surface area contributed by atoms with Gasteiger partial charge in [0.2, 0.25) is 5.91 Å². The van der Waals surface area contributed by atoms with E-state index in [9.17, 15) is 4.79 Å². The summed E-state index contributed by atoms with van der Waals surface area (Å²) < 4.78 is 10.6. The average molecular weight is 264 g/mol. The molecular formula is C14H20N2O3. The molecule has 2 atom stereocenters. The van der Waals surface area contributed by atoms with Crippen molar-refractivity contribution >= 4 is 5.91 Å². The third kappa shape index (κ3) is 2.66. The summed E-state index contributed by atoms with van der Waals surface area (Å²) in [6.45, 7) is 2.78. The van der Waals surface area contributed by atoms with E-state index in [-0.39, 0.29) is 17.9 Å². The molecule has 1 fully saturated rings. The van der Waals surface area contributed by atoms with Crippen LogP contribution in [0, 0.1) is 0 Å². The van der Waals surface area contributed by atoms with E-state index >= 15 is 0 Å². The first-order chi connectivity index (χ1) is 9.06. The van der Waals surface area contributed by atoms with Crippen LogP contribution in [0.25, 0.3) is 0 Å². The number of carbonyl (C=O) groups is 1. The maximum absolute atomic E-state index is 11.5. The Kier molecular flexibility index (Phi) is 3.95. The first-order valence-electron chi connectivity index (χ1n) is 6.29. The summed E-state index contributed by atoms with van der Waals surface area (Å²) in [6, 6.07) is 5.58. The van der Waals surface area contributed by atoms with Gasteiger partial charge in [-0.1, -0.05) is 0 Å². The molecule has 0 aliphatic carbocycles. The third-order valence-corrected chi connectivity index (χ3v) is 3.65. The monoisotopic (exact) mass is 264 g/mol. The van der Waals surface area contributed by atoms with Gasteiger partial charge in [0, 0.05) is 37.5 Å². The van der Waals surface area contributed by atoms with Crippen molar-refractivity contribution in [1.82, 2.24) is 4.90 Å². The molecule has 1 aromatic rings. The number of methoxy groups -OCH3 is 2. The Morgan fingerprint density at radius 2 is 2.05 bits per heavy atom. The number of carbonyl (C=O) groups excluding carboxylic acids is 1. The van der Waals surface area contributed by atoms with E-state index in [2.05, 4.69) is 0 Å². The largest absolute Gasteiger partial charge is 0.497 e. The van der Waals surface area contributed by atoms with Gasteiger partial charge in [-0.15, -0.1) is 0 Å². The Bertz CT molecular complexity index is 476. The number of likely N-dealkylation sites (tertiary alicyclic amines) is 1. The molecule has 2 N–H and O–H groups in total. The first-order valence-corrected chi connectivity index (χ1v) is 6.29. The lowest BCUT2D eigenvalue weighted by molar-refractivity contribution is -0.127. The van der Waals surface area contributed by atoms with Crippen LogP contribution in [-0.4, -0.2) is 44.2 Å². The predicted molar refractivity (Wildman–Crippen MR) is 72.5 cm³/mol. The van der Waals surface area contributed by atoms with Crippen LogP contribution >= 0.6 is 0 Å². The molecule has 104 valence electrons. The molecule has 5 heteroatoms. The zero-order chi connectivity index (χ0) is 14.0. The van der Waals surface area contributed by atoms with Gasteiger partial charge in [-0.05, 0) is 18.2 Å². The Morgan fingerprint density at radius 1 is 1.32 bits per heavy atom. The van der Waals surface area contributed by atoms with Gasteiger partial charge in [-0.2, -0.15) is 0 Å². The number of nitrogens with zero attached hydrogens (tertiary/aromatic N) is 1. The Hall–Kier alpha value is -1.75.